The summed E-state index contributed by atoms with van der Waals surface area (Å²) in [5, 5.41) is 11.7. The van der Waals surface area contributed by atoms with E-state index in [-0.39, 0.29) is 5.75 Å². The highest BCUT2D eigenvalue weighted by Gasteiger charge is 2.01. The Bertz CT molecular complexity index is 308. The molecule has 1 rings (SSSR count). The molecule has 3 heteroatoms. The van der Waals surface area contributed by atoms with Gasteiger partial charge in [0.2, 0.25) is 6.41 Å². The lowest BCUT2D eigenvalue weighted by molar-refractivity contribution is -0.105. The smallest absolute Gasteiger partial charge is 0.211 e. The van der Waals surface area contributed by atoms with Gasteiger partial charge in [0.05, 0.1) is 5.69 Å². The molecule has 0 spiro atoms. The van der Waals surface area contributed by atoms with Gasteiger partial charge in [0.1, 0.15) is 5.75 Å². The van der Waals surface area contributed by atoms with Crippen molar-refractivity contribution in [3.05, 3.63) is 23.3 Å². The lowest BCUT2D eigenvalue weighted by Gasteiger charge is -2.06. The van der Waals surface area contributed by atoms with Crippen LogP contribution in [0.3, 0.4) is 0 Å². The van der Waals surface area contributed by atoms with Crippen LogP contribution in [0, 0.1) is 13.8 Å². The molecule has 0 bridgehead atoms. The van der Waals surface area contributed by atoms with Crippen LogP contribution < -0.4 is 5.32 Å². The molecule has 1 amide bonds. The van der Waals surface area contributed by atoms with Crippen LogP contribution in [0.4, 0.5) is 5.69 Å². The fourth-order valence-electron chi connectivity index (χ4n) is 0.980. The van der Waals surface area contributed by atoms with E-state index in [0.717, 1.165) is 11.1 Å². The van der Waals surface area contributed by atoms with Crippen LogP contribution in [0.2, 0.25) is 0 Å². The van der Waals surface area contributed by atoms with Crippen LogP contribution in [0.1, 0.15) is 11.1 Å². The topological polar surface area (TPSA) is 49.3 Å². The number of anilines is 1. The summed E-state index contributed by atoms with van der Waals surface area (Å²) < 4.78 is 0. The first-order chi connectivity index (χ1) is 5.65. The molecule has 0 atom stereocenters. The van der Waals surface area contributed by atoms with Crippen LogP contribution >= 0.6 is 0 Å². The minimum Gasteiger partial charge on any atom is -0.506 e. The summed E-state index contributed by atoms with van der Waals surface area (Å²) in [4.78, 5) is 10.1. The molecular weight excluding hydrogens is 154 g/mol. The van der Waals surface area contributed by atoms with Gasteiger partial charge >= 0.3 is 0 Å². The van der Waals surface area contributed by atoms with Gasteiger partial charge in [-0.3, -0.25) is 4.79 Å². The monoisotopic (exact) mass is 165 g/mol. The van der Waals surface area contributed by atoms with Crippen LogP contribution in [-0.2, 0) is 4.79 Å². The van der Waals surface area contributed by atoms with E-state index in [2.05, 4.69) is 5.32 Å². The zero-order valence-electron chi connectivity index (χ0n) is 7.09. The third-order valence-electron chi connectivity index (χ3n) is 1.83. The summed E-state index contributed by atoms with van der Waals surface area (Å²) in [6, 6.07) is 3.36. The molecule has 0 heterocycles. The number of hydrogen-bond donors (Lipinski definition) is 2. The van der Waals surface area contributed by atoms with Gasteiger partial charge in [0, 0.05) is 0 Å². The molecule has 12 heavy (non-hydrogen) atoms. The number of nitrogens with one attached hydrogen (secondary N) is 1. The molecule has 0 saturated carbocycles. The van der Waals surface area contributed by atoms with Gasteiger partial charge in [-0.1, -0.05) is 0 Å². The second-order valence-electron chi connectivity index (χ2n) is 2.72. The third kappa shape index (κ3) is 1.56. The Balaban J connectivity index is 3.13. The molecule has 0 aliphatic carbocycles. The van der Waals surface area contributed by atoms with Crippen molar-refractivity contribution in [2.45, 2.75) is 13.8 Å². The van der Waals surface area contributed by atoms with E-state index < -0.39 is 0 Å². The Labute approximate surface area is 71.0 Å². The maximum Gasteiger partial charge on any atom is 0.211 e. The number of aryl methyl sites for hydroxylation is 2. The van der Waals surface area contributed by atoms with E-state index >= 15 is 0 Å². The summed E-state index contributed by atoms with van der Waals surface area (Å²) in [5.41, 5.74) is 2.49. The van der Waals surface area contributed by atoms with Crippen molar-refractivity contribution < 1.29 is 9.90 Å². The van der Waals surface area contributed by atoms with Gasteiger partial charge in [-0.25, -0.2) is 0 Å². The Morgan fingerprint density at radius 3 is 2.50 bits per heavy atom. The second kappa shape index (κ2) is 3.26. The van der Waals surface area contributed by atoms with Crippen molar-refractivity contribution in [1.82, 2.24) is 0 Å². The summed E-state index contributed by atoms with van der Waals surface area (Å²) >= 11 is 0. The summed E-state index contributed by atoms with van der Waals surface area (Å²) in [6.07, 6.45) is 0.545. The maximum atomic E-state index is 10.1. The largest absolute Gasteiger partial charge is 0.506 e. The third-order valence-corrected chi connectivity index (χ3v) is 1.83. The Kier molecular flexibility index (Phi) is 2.33. The predicted molar refractivity (Wildman–Crippen MR) is 47.3 cm³/mol. The number of phenolic OH excluding ortho intramolecular Hbond substituents is 1. The number of benzene rings is 1. The van der Waals surface area contributed by atoms with Crippen LogP contribution in [0.15, 0.2) is 12.1 Å². The molecule has 0 radical (unpaired) electrons. The molecule has 0 aliphatic rings. The number of aromatic hydroxyl groups is 1. The van der Waals surface area contributed by atoms with Gasteiger partial charge in [-0.2, -0.15) is 0 Å². The summed E-state index contributed by atoms with van der Waals surface area (Å²) in [7, 11) is 0. The highest BCUT2D eigenvalue weighted by atomic mass is 16.3. The van der Waals surface area contributed by atoms with Gasteiger partial charge in [-0.15, -0.1) is 0 Å². The molecule has 0 aromatic heterocycles. The number of carbonyl (C=O) groups is 1. The van der Waals surface area contributed by atoms with Crippen molar-refractivity contribution in [2.75, 3.05) is 5.32 Å². The molecule has 0 aliphatic heterocycles. The van der Waals surface area contributed by atoms with Gasteiger partial charge < -0.3 is 10.4 Å². The van der Waals surface area contributed by atoms with Crippen LogP contribution in [0.25, 0.3) is 0 Å². The number of phenols is 1. The summed E-state index contributed by atoms with van der Waals surface area (Å²) in [5.74, 6) is 0.102. The molecule has 0 saturated heterocycles. The normalized spacial score (nSPS) is 9.50. The quantitative estimate of drug-likeness (QED) is 0.516. The first-order valence-electron chi connectivity index (χ1n) is 3.65. The van der Waals surface area contributed by atoms with Crippen molar-refractivity contribution in [2.24, 2.45) is 0 Å². The number of hydrogen-bond acceptors (Lipinski definition) is 2. The van der Waals surface area contributed by atoms with Crippen molar-refractivity contribution in [3.63, 3.8) is 0 Å². The molecule has 3 nitrogen and oxygen atoms in total. The van der Waals surface area contributed by atoms with Gasteiger partial charge in [0.25, 0.3) is 0 Å². The van der Waals surface area contributed by atoms with Gasteiger partial charge in [0.15, 0.2) is 0 Å². The van der Waals surface area contributed by atoms with E-state index in [1.54, 1.807) is 12.1 Å². The van der Waals surface area contributed by atoms with E-state index in [9.17, 15) is 9.90 Å². The summed E-state index contributed by atoms with van der Waals surface area (Å²) in [6.45, 7) is 3.82. The highest BCUT2D eigenvalue weighted by molar-refractivity contribution is 5.75. The SMILES string of the molecule is Cc1cc(O)c(NC=O)cc1C. The first-order valence-corrected chi connectivity index (χ1v) is 3.65. The average Bonchev–Trinajstić information content (AvgIpc) is 2.01. The lowest BCUT2D eigenvalue weighted by atomic mass is 10.1. The van der Waals surface area contributed by atoms with Crippen LogP contribution in [-0.4, -0.2) is 11.5 Å². The number of rotatable bonds is 2. The van der Waals surface area contributed by atoms with E-state index in [4.69, 9.17) is 0 Å². The lowest BCUT2D eigenvalue weighted by Crippen LogP contribution is -1.95. The maximum absolute atomic E-state index is 10.1. The van der Waals surface area contributed by atoms with Crippen molar-refractivity contribution in [3.8, 4) is 5.75 Å². The number of carbonyl (C=O) groups excluding carboxylic acids is 1. The van der Waals surface area contributed by atoms with E-state index in [1.807, 2.05) is 13.8 Å². The molecule has 1 aromatic rings. The highest BCUT2D eigenvalue weighted by Crippen LogP contribution is 2.25. The Morgan fingerprint density at radius 1 is 1.33 bits per heavy atom. The molecule has 0 fully saturated rings. The van der Waals surface area contributed by atoms with Gasteiger partial charge in [-0.05, 0) is 37.1 Å². The fourth-order valence-corrected chi connectivity index (χ4v) is 0.980. The van der Waals surface area contributed by atoms with Crippen LogP contribution in [0.5, 0.6) is 5.75 Å². The standard InChI is InChI=1S/C9H11NO2/c1-6-3-8(10-5-11)9(12)4-7(6)2/h3-5,12H,1-2H3,(H,10,11). The predicted octanol–water partition coefficient (Wildman–Crippen LogP) is 1.58. The minimum absolute atomic E-state index is 0.102. The number of amides is 1. The van der Waals surface area contributed by atoms with E-state index in [0.29, 0.717) is 12.1 Å². The first kappa shape index (κ1) is 8.59. The zero-order valence-corrected chi connectivity index (χ0v) is 7.09. The average molecular weight is 165 g/mol. The molecule has 2 N–H and O–H groups in total. The Hall–Kier alpha value is -1.51. The second-order valence-corrected chi connectivity index (χ2v) is 2.72. The molecular formula is C9H11NO2. The fraction of sp³-hybridized carbons (Fsp3) is 0.222. The molecule has 0 unspecified atom stereocenters. The van der Waals surface area contributed by atoms with E-state index in [1.165, 1.54) is 0 Å². The minimum atomic E-state index is 0.102. The zero-order chi connectivity index (χ0) is 9.14. The Morgan fingerprint density at radius 2 is 1.92 bits per heavy atom. The molecule has 64 valence electrons. The van der Waals surface area contributed by atoms with Crippen molar-refractivity contribution >= 4 is 12.1 Å². The molecule has 1 aromatic carbocycles. The van der Waals surface area contributed by atoms with Crippen molar-refractivity contribution in [1.29, 1.82) is 0 Å².